The smallest absolute Gasteiger partial charge is 0.251 e. The number of nitrogens with two attached hydrogens (primary N) is 1. The molecule has 2 aromatic carbocycles. The lowest BCUT2D eigenvalue weighted by atomic mass is 9.82. The van der Waals surface area contributed by atoms with Gasteiger partial charge in [0.1, 0.15) is 11.9 Å². The van der Waals surface area contributed by atoms with E-state index < -0.39 is 6.10 Å². The van der Waals surface area contributed by atoms with Crippen LogP contribution in [0.1, 0.15) is 74.3 Å². The molecule has 6 nitrogen and oxygen atoms in total. The highest BCUT2D eigenvalue weighted by atomic mass is 16.3. The Morgan fingerprint density at radius 1 is 1.06 bits per heavy atom. The van der Waals surface area contributed by atoms with Crippen LogP contribution in [0.25, 0.3) is 0 Å². The lowest BCUT2D eigenvalue weighted by molar-refractivity contribution is 0.0950. The number of hydrogen-bond donors (Lipinski definition) is 4. The van der Waals surface area contributed by atoms with E-state index in [-0.39, 0.29) is 18.3 Å². The fraction of sp³-hybridized carbons (Fsp3) is 0.240. The molecule has 0 aliphatic heterocycles. The maximum absolute atomic E-state index is 12.7. The number of amidine groups is 1. The predicted octanol–water partition coefficient (Wildman–Crippen LogP) is 3.16. The molecule has 1 aromatic heterocycles. The maximum atomic E-state index is 12.7. The number of aromatic nitrogens is 1. The van der Waals surface area contributed by atoms with Crippen molar-refractivity contribution in [2.24, 2.45) is 5.73 Å². The van der Waals surface area contributed by atoms with E-state index in [1.807, 2.05) is 12.1 Å². The maximum Gasteiger partial charge on any atom is 0.251 e. The van der Waals surface area contributed by atoms with Gasteiger partial charge >= 0.3 is 0 Å². The minimum atomic E-state index is -0.659. The van der Waals surface area contributed by atoms with Crippen LogP contribution < -0.4 is 11.1 Å². The van der Waals surface area contributed by atoms with E-state index in [4.69, 9.17) is 11.1 Å². The van der Waals surface area contributed by atoms with Crippen molar-refractivity contribution in [3.05, 3.63) is 99.4 Å². The fourth-order valence-corrected chi connectivity index (χ4v) is 4.22. The zero-order valence-corrected chi connectivity index (χ0v) is 17.1. The van der Waals surface area contributed by atoms with E-state index in [0.29, 0.717) is 22.7 Å². The first-order valence-electron chi connectivity index (χ1n) is 10.5. The van der Waals surface area contributed by atoms with Gasteiger partial charge in [-0.25, -0.2) is 0 Å². The third-order valence-corrected chi connectivity index (χ3v) is 6.16. The van der Waals surface area contributed by atoms with Gasteiger partial charge in [0.2, 0.25) is 0 Å². The Hall–Kier alpha value is -3.51. The molecule has 1 amide bonds. The summed E-state index contributed by atoms with van der Waals surface area (Å²) in [5.41, 5.74) is 12.6. The molecule has 156 valence electrons. The molecule has 3 aromatic rings. The summed E-state index contributed by atoms with van der Waals surface area (Å²) in [5, 5.41) is 21.2. The second kappa shape index (κ2) is 7.63. The molecule has 1 fully saturated rings. The summed E-state index contributed by atoms with van der Waals surface area (Å²) in [4.78, 5) is 16.9. The third kappa shape index (κ3) is 3.82. The molecular formula is C25H24N4O2. The van der Waals surface area contributed by atoms with Crippen molar-refractivity contribution >= 4 is 11.7 Å². The number of rotatable bonds is 5. The summed E-state index contributed by atoms with van der Waals surface area (Å²) in [6, 6.07) is 15.4. The number of hydrogen-bond acceptors (Lipinski definition) is 4. The van der Waals surface area contributed by atoms with Crippen LogP contribution in [0.2, 0.25) is 0 Å². The number of nitrogens with one attached hydrogen (secondary N) is 2. The molecule has 5 N–H and O–H groups in total. The largest absolute Gasteiger partial charge is 0.384 e. The number of amides is 1. The predicted molar refractivity (Wildman–Crippen MR) is 118 cm³/mol. The normalized spacial score (nSPS) is 16.9. The van der Waals surface area contributed by atoms with Gasteiger partial charge in [0.15, 0.2) is 0 Å². The van der Waals surface area contributed by atoms with E-state index in [0.717, 1.165) is 28.7 Å². The van der Waals surface area contributed by atoms with Crippen LogP contribution in [0.4, 0.5) is 0 Å². The molecule has 2 aliphatic carbocycles. The summed E-state index contributed by atoms with van der Waals surface area (Å²) >= 11 is 0. The van der Waals surface area contributed by atoms with Crippen LogP contribution in [0.5, 0.6) is 0 Å². The minimum Gasteiger partial charge on any atom is -0.384 e. The quantitative estimate of drug-likeness (QED) is 0.381. The Morgan fingerprint density at radius 3 is 2.45 bits per heavy atom. The minimum absolute atomic E-state index is 0.0369. The number of nitrogens with zero attached hydrogens (tertiary/aromatic N) is 1. The van der Waals surface area contributed by atoms with Crippen molar-refractivity contribution in [3.63, 3.8) is 0 Å². The molecule has 0 saturated heterocycles. The lowest BCUT2D eigenvalue weighted by Gasteiger charge is -2.26. The van der Waals surface area contributed by atoms with E-state index in [1.165, 1.54) is 24.6 Å². The molecule has 1 saturated carbocycles. The number of benzene rings is 2. The summed E-state index contributed by atoms with van der Waals surface area (Å²) in [6.45, 7) is 0.282. The van der Waals surface area contributed by atoms with Gasteiger partial charge in [0.05, 0.1) is 12.2 Å². The van der Waals surface area contributed by atoms with E-state index in [1.54, 1.807) is 18.2 Å². The second-order valence-corrected chi connectivity index (χ2v) is 8.36. The lowest BCUT2D eigenvalue weighted by Crippen LogP contribution is -2.24. The van der Waals surface area contributed by atoms with Crippen LogP contribution in [0.15, 0.2) is 54.7 Å². The Balaban J connectivity index is 1.32. The first-order chi connectivity index (χ1) is 15.0. The van der Waals surface area contributed by atoms with Gasteiger partial charge in [-0.3, -0.25) is 15.2 Å². The Bertz CT molecular complexity index is 1180. The monoisotopic (exact) mass is 412 g/mol. The first-order valence-corrected chi connectivity index (χ1v) is 10.5. The molecular weight excluding hydrogens is 388 g/mol. The van der Waals surface area contributed by atoms with Crippen molar-refractivity contribution in [1.29, 1.82) is 5.41 Å². The van der Waals surface area contributed by atoms with Crippen molar-refractivity contribution in [1.82, 2.24) is 10.3 Å². The topological polar surface area (TPSA) is 112 Å². The number of nitrogen functional groups attached to an aromatic ring is 1. The molecule has 0 bridgehead atoms. The highest BCUT2D eigenvalue weighted by Crippen LogP contribution is 2.43. The van der Waals surface area contributed by atoms with Gasteiger partial charge in [-0.1, -0.05) is 24.3 Å². The number of aliphatic hydroxyl groups is 1. The molecule has 0 radical (unpaired) electrons. The highest BCUT2D eigenvalue weighted by Gasteiger charge is 2.28. The van der Waals surface area contributed by atoms with Crippen molar-refractivity contribution in [2.75, 3.05) is 0 Å². The second-order valence-electron chi connectivity index (χ2n) is 8.36. The highest BCUT2D eigenvalue weighted by molar-refractivity contribution is 5.95. The molecule has 6 heteroatoms. The Labute approximate surface area is 180 Å². The molecule has 0 spiro atoms. The molecule has 1 atom stereocenters. The third-order valence-electron chi connectivity index (χ3n) is 6.16. The Kier molecular flexibility index (Phi) is 4.79. The fourth-order valence-electron chi connectivity index (χ4n) is 4.22. The van der Waals surface area contributed by atoms with Gasteiger partial charge in [-0.05, 0) is 77.3 Å². The van der Waals surface area contributed by atoms with Crippen LogP contribution >= 0.6 is 0 Å². The average Bonchev–Trinajstić information content (AvgIpc) is 3.62. The zero-order valence-electron chi connectivity index (χ0n) is 17.1. The molecule has 5 rings (SSSR count). The van der Waals surface area contributed by atoms with Gasteiger partial charge in [0, 0.05) is 17.3 Å². The average molecular weight is 412 g/mol. The van der Waals surface area contributed by atoms with Crippen LogP contribution in [0, 0.1) is 5.41 Å². The van der Waals surface area contributed by atoms with E-state index in [9.17, 15) is 9.90 Å². The van der Waals surface area contributed by atoms with Gasteiger partial charge < -0.3 is 16.2 Å². The van der Waals surface area contributed by atoms with E-state index in [2.05, 4.69) is 28.5 Å². The molecule has 1 heterocycles. The van der Waals surface area contributed by atoms with Gasteiger partial charge in [0.25, 0.3) is 5.91 Å². The van der Waals surface area contributed by atoms with Crippen molar-refractivity contribution in [3.8, 4) is 0 Å². The van der Waals surface area contributed by atoms with Crippen molar-refractivity contribution < 1.29 is 9.90 Å². The van der Waals surface area contributed by atoms with Gasteiger partial charge in [-0.15, -0.1) is 0 Å². The number of carbonyl (C=O) groups is 1. The summed E-state index contributed by atoms with van der Waals surface area (Å²) in [5.74, 6) is 0.441. The summed E-state index contributed by atoms with van der Waals surface area (Å²) in [7, 11) is 0. The van der Waals surface area contributed by atoms with Crippen LogP contribution in [-0.4, -0.2) is 21.8 Å². The number of pyridine rings is 1. The molecule has 1 unspecified atom stereocenters. The molecule has 31 heavy (non-hydrogen) atoms. The van der Waals surface area contributed by atoms with Crippen molar-refractivity contribution in [2.45, 2.75) is 37.8 Å². The van der Waals surface area contributed by atoms with Crippen LogP contribution in [-0.2, 0) is 13.0 Å². The summed E-state index contributed by atoms with van der Waals surface area (Å²) in [6.07, 6.45) is 4.08. The zero-order chi connectivity index (χ0) is 21.5. The standard InChI is InChI=1S/C25H24N4O2/c26-24(27)17-3-6-20(28-12-17)13-29-25(31)16-5-8-22-19(10-16)11-18-9-15(14-1-2-14)4-7-21(18)23(22)30/h3-10,12,14,23,30H,1-2,11,13H2,(H3,26,27)(H,29,31). The number of aliphatic hydroxyl groups excluding tert-OH is 1. The number of carbonyl (C=O) groups excluding carboxylic acids is 1. The summed E-state index contributed by atoms with van der Waals surface area (Å²) < 4.78 is 0. The van der Waals surface area contributed by atoms with Gasteiger partial charge in [-0.2, -0.15) is 0 Å². The molecule has 2 aliphatic rings. The SMILES string of the molecule is N=C(N)c1ccc(CNC(=O)c2ccc3c(c2)Cc2cc(C4CC4)ccc2C3O)nc1. The van der Waals surface area contributed by atoms with Crippen LogP contribution in [0.3, 0.4) is 0 Å². The number of fused-ring (bicyclic) bond motifs is 2. The Morgan fingerprint density at radius 2 is 1.77 bits per heavy atom. The first kappa shape index (κ1) is 19.5. The van der Waals surface area contributed by atoms with E-state index >= 15 is 0 Å².